The van der Waals surface area contributed by atoms with E-state index in [0.717, 1.165) is 37.9 Å². The summed E-state index contributed by atoms with van der Waals surface area (Å²) < 4.78 is 19.2. The molecule has 0 fully saturated rings. The van der Waals surface area contributed by atoms with Gasteiger partial charge >= 0.3 is 0 Å². The zero-order chi connectivity index (χ0) is 14.3. The smallest absolute Gasteiger partial charge is 0.168 e. The van der Waals surface area contributed by atoms with Crippen LogP contribution in [-0.2, 0) is 6.42 Å². The highest BCUT2D eigenvalue weighted by Crippen LogP contribution is 2.29. The van der Waals surface area contributed by atoms with Crippen LogP contribution in [0.2, 0.25) is 0 Å². The zero-order valence-corrected chi connectivity index (χ0v) is 12.6. The van der Waals surface area contributed by atoms with Gasteiger partial charge in [-0.1, -0.05) is 32.9 Å². The summed E-state index contributed by atoms with van der Waals surface area (Å²) in [6.45, 7) is 8.43. The van der Waals surface area contributed by atoms with Crippen molar-refractivity contribution < 1.29 is 9.13 Å². The zero-order valence-electron chi connectivity index (χ0n) is 12.6. The van der Waals surface area contributed by atoms with Gasteiger partial charge in [0.25, 0.3) is 0 Å². The first kappa shape index (κ1) is 16.0. The topological polar surface area (TPSA) is 21.3 Å². The molecule has 0 radical (unpaired) electrons. The Labute approximate surface area is 116 Å². The third-order valence-electron chi connectivity index (χ3n) is 3.71. The predicted octanol–water partition coefficient (Wildman–Crippen LogP) is 3.79. The monoisotopic (exact) mass is 267 g/mol. The van der Waals surface area contributed by atoms with E-state index in [-0.39, 0.29) is 11.2 Å². The molecule has 19 heavy (non-hydrogen) atoms. The lowest BCUT2D eigenvalue weighted by Gasteiger charge is -2.29. The summed E-state index contributed by atoms with van der Waals surface area (Å²) in [5.41, 5.74) is 0.810. The summed E-state index contributed by atoms with van der Waals surface area (Å²) in [4.78, 5) is 0. The molecule has 0 amide bonds. The molecule has 1 aromatic rings. The third-order valence-corrected chi connectivity index (χ3v) is 3.71. The molecule has 108 valence electrons. The summed E-state index contributed by atoms with van der Waals surface area (Å²) >= 11 is 0. The molecule has 2 nitrogen and oxygen atoms in total. The van der Waals surface area contributed by atoms with Crippen LogP contribution in [-0.4, -0.2) is 20.2 Å². The normalized spacial score (nSPS) is 14.2. The number of nitrogens with one attached hydrogen (secondary N) is 1. The molecule has 0 aromatic heterocycles. The lowest BCUT2D eigenvalue weighted by molar-refractivity contribution is 0.285. The lowest BCUT2D eigenvalue weighted by atomic mass is 9.81. The van der Waals surface area contributed by atoms with Gasteiger partial charge in [-0.2, -0.15) is 0 Å². The van der Waals surface area contributed by atoms with Gasteiger partial charge in [0, 0.05) is 6.54 Å². The first-order chi connectivity index (χ1) is 9.06. The Morgan fingerprint density at radius 1 is 1.32 bits per heavy atom. The second-order valence-electron chi connectivity index (χ2n) is 5.45. The molecule has 0 aliphatic heterocycles. The molecular weight excluding hydrogens is 241 g/mol. The predicted molar refractivity (Wildman–Crippen MR) is 78.2 cm³/mol. The first-order valence-electron chi connectivity index (χ1n) is 7.08. The van der Waals surface area contributed by atoms with Crippen molar-refractivity contribution in [3.63, 3.8) is 0 Å². The summed E-state index contributed by atoms with van der Waals surface area (Å²) in [5, 5.41) is 3.44. The average molecular weight is 267 g/mol. The maximum absolute atomic E-state index is 14.2. The van der Waals surface area contributed by atoms with Crippen LogP contribution in [0.3, 0.4) is 0 Å². The van der Waals surface area contributed by atoms with Crippen molar-refractivity contribution in [3.05, 3.63) is 29.6 Å². The Bertz CT molecular complexity index is 394. The van der Waals surface area contributed by atoms with Crippen molar-refractivity contribution >= 4 is 0 Å². The molecule has 1 N–H and O–H groups in total. The van der Waals surface area contributed by atoms with Gasteiger partial charge in [-0.3, -0.25) is 0 Å². The van der Waals surface area contributed by atoms with E-state index in [2.05, 4.69) is 26.1 Å². The third kappa shape index (κ3) is 4.50. The van der Waals surface area contributed by atoms with E-state index in [1.807, 2.05) is 12.1 Å². The molecule has 1 unspecified atom stereocenters. The number of ether oxygens (including phenoxy) is 1. The van der Waals surface area contributed by atoms with Gasteiger partial charge in [0.05, 0.1) is 7.11 Å². The number of benzene rings is 1. The number of hydrogen-bond acceptors (Lipinski definition) is 2. The number of rotatable bonds is 8. The van der Waals surface area contributed by atoms with Crippen molar-refractivity contribution in [2.24, 2.45) is 5.41 Å². The minimum Gasteiger partial charge on any atom is -0.494 e. The van der Waals surface area contributed by atoms with E-state index in [1.165, 1.54) is 7.11 Å². The van der Waals surface area contributed by atoms with E-state index in [0.29, 0.717) is 5.75 Å². The molecule has 3 heteroatoms. The molecule has 1 atom stereocenters. The Hall–Kier alpha value is -1.09. The fourth-order valence-corrected chi connectivity index (χ4v) is 2.19. The fourth-order valence-electron chi connectivity index (χ4n) is 2.19. The molecular formula is C16H26FNO. The molecule has 0 bridgehead atoms. The van der Waals surface area contributed by atoms with Gasteiger partial charge in [0.1, 0.15) is 0 Å². The molecule has 0 aliphatic rings. The maximum Gasteiger partial charge on any atom is 0.168 e. The van der Waals surface area contributed by atoms with Crippen LogP contribution in [0.1, 0.15) is 39.2 Å². The fraction of sp³-hybridized carbons (Fsp3) is 0.625. The van der Waals surface area contributed by atoms with Crippen LogP contribution >= 0.6 is 0 Å². The highest BCUT2D eigenvalue weighted by molar-refractivity contribution is 5.31. The van der Waals surface area contributed by atoms with E-state index in [1.54, 1.807) is 6.07 Å². The van der Waals surface area contributed by atoms with Gasteiger partial charge in [-0.05, 0) is 42.9 Å². The van der Waals surface area contributed by atoms with Crippen LogP contribution in [0.5, 0.6) is 5.75 Å². The molecule has 0 saturated carbocycles. The molecule has 0 heterocycles. The molecule has 1 rings (SSSR count). The molecule has 0 aliphatic carbocycles. The SMILES string of the molecule is CCCNCC(C)(CC)Cc1cccc(OC)c1F. The second-order valence-corrected chi connectivity index (χ2v) is 5.45. The van der Waals surface area contributed by atoms with Gasteiger partial charge in [0.15, 0.2) is 11.6 Å². The largest absolute Gasteiger partial charge is 0.494 e. The van der Waals surface area contributed by atoms with Crippen molar-refractivity contribution in [1.29, 1.82) is 0 Å². The molecule has 1 aromatic carbocycles. The quantitative estimate of drug-likeness (QED) is 0.723. The van der Waals surface area contributed by atoms with Crippen molar-refractivity contribution in [2.75, 3.05) is 20.2 Å². The Morgan fingerprint density at radius 2 is 2.05 bits per heavy atom. The number of halogens is 1. The van der Waals surface area contributed by atoms with Crippen LogP contribution < -0.4 is 10.1 Å². The van der Waals surface area contributed by atoms with Crippen molar-refractivity contribution in [3.8, 4) is 5.75 Å². The van der Waals surface area contributed by atoms with Crippen LogP contribution in [0, 0.1) is 11.2 Å². The van der Waals surface area contributed by atoms with Gasteiger partial charge < -0.3 is 10.1 Å². The van der Waals surface area contributed by atoms with E-state index >= 15 is 0 Å². The summed E-state index contributed by atoms with van der Waals surface area (Å²) in [5.74, 6) is 0.109. The Balaban J connectivity index is 2.80. The van der Waals surface area contributed by atoms with Crippen LogP contribution in [0.25, 0.3) is 0 Å². The first-order valence-corrected chi connectivity index (χ1v) is 7.08. The minimum atomic E-state index is -0.222. The standard InChI is InChI=1S/C16H26FNO/c1-5-10-18-12-16(3,6-2)11-13-8-7-9-14(19-4)15(13)17/h7-9,18H,5-6,10-12H2,1-4H3. The maximum atomic E-state index is 14.2. The molecule has 0 spiro atoms. The van der Waals surface area contributed by atoms with Crippen LogP contribution in [0.15, 0.2) is 18.2 Å². The van der Waals surface area contributed by atoms with Crippen LogP contribution in [0.4, 0.5) is 4.39 Å². The van der Waals surface area contributed by atoms with Gasteiger partial charge in [-0.15, -0.1) is 0 Å². The summed E-state index contributed by atoms with van der Waals surface area (Å²) in [6.07, 6.45) is 2.86. The number of methoxy groups -OCH3 is 1. The number of hydrogen-bond donors (Lipinski definition) is 1. The average Bonchev–Trinajstić information content (AvgIpc) is 2.41. The highest BCUT2D eigenvalue weighted by atomic mass is 19.1. The van der Waals surface area contributed by atoms with Gasteiger partial charge in [0.2, 0.25) is 0 Å². The summed E-state index contributed by atoms with van der Waals surface area (Å²) in [6, 6.07) is 5.37. The summed E-state index contributed by atoms with van der Waals surface area (Å²) in [7, 11) is 1.50. The minimum absolute atomic E-state index is 0.0718. The van der Waals surface area contributed by atoms with E-state index in [9.17, 15) is 4.39 Å². The Kier molecular flexibility index (Phi) is 6.29. The highest BCUT2D eigenvalue weighted by Gasteiger charge is 2.24. The van der Waals surface area contributed by atoms with E-state index in [4.69, 9.17) is 4.74 Å². The Morgan fingerprint density at radius 3 is 2.63 bits per heavy atom. The van der Waals surface area contributed by atoms with Gasteiger partial charge in [-0.25, -0.2) is 4.39 Å². The van der Waals surface area contributed by atoms with E-state index < -0.39 is 0 Å². The lowest BCUT2D eigenvalue weighted by Crippen LogP contribution is -2.34. The van der Waals surface area contributed by atoms with Crippen molar-refractivity contribution in [2.45, 2.75) is 40.0 Å². The molecule has 0 saturated heterocycles. The van der Waals surface area contributed by atoms with Crippen molar-refractivity contribution in [1.82, 2.24) is 5.32 Å². The second kappa shape index (κ2) is 7.49.